The number of alkyl halides is 1. The summed E-state index contributed by atoms with van der Waals surface area (Å²) >= 11 is 12.4. The molecule has 0 rings (SSSR count). The van der Waals surface area contributed by atoms with Gasteiger partial charge in [-0.05, 0) is 4.93 Å². The summed E-state index contributed by atoms with van der Waals surface area (Å²) in [6, 6.07) is 0. The van der Waals surface area contributed by atoms with Crippen molar-refractivity contribution in [1.29, 1.82) is 0 Å². The normalized spacial score (nSPS) is 9.43. The molecule has 0 unspecified atom stereocenters. The fraction of sp³-hybridized carbons (Fsp3) is 1.00. The van der Waals surface area contributed by atoms with E-state index in [-0.39, 0.29) is 0 Å². The summed E-state index contributed by atoms with van der Waals surface area (Å²) in [6.45, 7) is 0. The van der Waals surface area contributed by atoms with E-state index in [9.17, 15) is 0 Å². The Labute approximate surface area is 98.7 Å². The van der Waals surface area contributed by atoms with E-state index in [2.05, 4.69) is 93.6 Å². The molecule has 0 saturated heterocycles. The number of rotatable bonds is 0. The summed E-state index contributed by atoms with van der Waals surface area (Å²) in [5, 5.41) is 0. The second kappa shape index (κ2) is 8.67. The second-order valence-electron chi connectivity index (χ2n) is 0.429. The molecule has 0 amide bonds. The summed E-state index contributed by atoms with van der Waals surface area (Å²) < 4.78 is -1.40. The Balaban J connectivity index is 0. The first-order valence-electron chi connectivity index (χ1n) is 1.13. The van der Waals surface area contributed by atoms with Crippen LogP contribution >= 0.6 is 93.6 Å². The van der Waals surface area contributed by atoms with Gasteiger partial charge < -0.3 is 0 Å². The molecule has 0 saturated carbocycles. The van der Waals surface area contributed by atoms with E-state index < -0.39 is 4.00 Å². The minimum atomic E-state index is -1.40. The maximum absolute atomic E-state index is 2.56. The standard InChI is InChI=1S/CH3I.4HI.Pb/c1-2;;;;;/h1H3;4*1H;/q;;;;;+4/p-4. The molecule has 6 heteroatoms. The van der Waals surface area contributed by atoms with Gasteiger partial charge in [0.25, 0.3) is 0 Å². The molecular formula is CH3I5Pb. The third-order valence-electron chi connectivity index (χ3n) is 0. The monoisotopic (exact) mass is 858 g/mol. The molecule has 0 nitrogen and oxygen atoms in total. The first-order chi connectivity index (χ1) is 3.00. The average Bonchev–Trinajstić information content (AvgIpc) is 1.36. The summed E-state index contributed by atoms with van der Waals surface area (Å²) in [7, 11) is 0. The Morgan fingerprint density at radius 1 is 0.857 bits per heavy atom. The third-order valence-corrected chi connectivity index (χ3v) is 0. The van der Waals surface area contributed by atoms with Crippen molar-refractivity contribution in [3.05, 3.63) is 0 Å². The van der Waals surface area contributed by atoms with Crippen LogP contribution in [0.1, 0.15) is 0 Å². The van der Waals surface area contributed by atoms with Crippen LogP contribution in [0, 0.1) is 0 Å². The van der Waals surface area contributed by atoms with Gasteiger partial charge in [0.15, 0.2) is 0 Å². The molecule has 46 valence electrons. The van der Waals surface area contributed by atoms with Crippen LogP contribution in [0.25, 0.3) is 0 Å². The predicted molar refractivity (Wildman–Crippen MR) is 81.8 cm³/mol. The molecule has 7 heavy (non-hydrogen) atoms. The fourth-order valence-corrected chi connectivity index (χ4v) is 0. The first kappa shape index (κ1) is 14.1. The topological polar surface area (TPSA) is 0 Å². The summed E-state index contributed by atoms with van der Waals surface area (Å²) in [5.41, 5.74) is 0. The van der Waals surface area contributed by atoms with E-state index in [1.54, 1.807) is 0 Å². The van der Waals surface area contributed by atoms with Crippen LogP contribution in [-0.2, 0) is 0 Å². The average molecular weight is 857 g/mol. The van der Waals surface area contributed by atoms with Crippen LogP contribution < -0.4 is 0 Å². The molecule has 0 aromatic carbocycles. The van der Waals surface area contributed by atoms with Crippen molar-refractivity contribution in [2.45, 2.75) is 0 Å². The van der Waals surface area contributed by atoms with E-state index in [4.69, 9.17) is 0 Å². The van der Waals surface area contributed by atoms with Gasteiger partial charge in [-0.15, -0.1) is 0 Å². The zero-order chi connectivity index (χ0) is 6.50. The van der Waals surface area contributed by atoms with Gasteiger partial charge in [0, 0.05) is 0 Å². The number of halogens is 5. The molecule has 0 radical (unpaired) electrons. The quantitative estimate of drug-likeness (QED) is 0.195. The van der Waals surface area contributed by atoms with Gasteiger partial charge in [0.2, 0.25) is 0 Å². The van der Waals surface area contributed by atoms with Crippen molar-refractivity contribution in [1.82, 2.24) is 0 Å². The van der Waals surface area contributed by atoms with Crippen molar-refractivity contribution in [2.75, 3.05) is 4.93 Å². The van der Waals surface area contributed by atoms with Crippen molar-refractivity contribution in [2.24, 2.45) is 0 Å². The molecule has 0 heterocycles. The Kier molecular flexibility index (Phi) is 17.5. The van der Waals surface area contributed by atoms with Gasteiger partial charge in [-0.3, -0.25) is 0 Å². The number of hydrogen-bond acceptors (Lipinski definition) is 0. The van der Waals surface area contributed by atoms with Gasteiger partial charge in [-0.1, -0.05) is 22.6 Å². The molecule has 0 atom stereocenters. The van der Waals surface area contributed by atoms with Crippen LogP contribution in [-0.4, -0.2) is 8.93 Å². The van der Waals surface area contributed by atoms with Gasteiger partial charge in [-0.2, -0.15) is 0 Å². The molecule has 0 spiro atoms. The summed E-state index contributed by atoms with van der Waals surface area (Å²) in [5.74, 6) is 0. The van der Waals surface area contributed by atoms with Crippen molar-refractivity contribution in [3.63, 3.8) is 0 Å². The van der Waals surface area contributed by atoms with Crippen LogP contribution in [0.4, 0.5) is 0 Å². The fourth-order valence-electron chi connectivity index (χ4n) is 0. The molecule has 0 aliphatic rings. The molecular weight excluding hydrogens is 854 g/mol. The van der Waals surface area contributed by atoms with E-state index >= 15 is 0 Å². The Morgan fingerprint density at radius 2 is 0.857 bits per heavy atom. The van der Waals surface area contributed by atoms with E-state index in [1.165, 1.54) is 0 Å². The van der Waals surface area contributed by atoms with Crippen molar-refractivity contribution in [3.8, 4) is 0 Å². The number of hydrogen-bond donors (Lipinski definition) is 0. The van der Waals surface area contributed by atoms with Gasteiger partial charge in [0.05, 0.1) is 0 Å². The molecule has 0 aromatic heterocycles. The zero-order valence-corrected chi connectivity index (χ0v) is 18.1. The molecule has 0 aromatic rings. The SMILES string of the molecule is CI.[I][Pb]([I])([I])[I]. The summed E-state index contributed by atoms with van der Waals surface area (Å²) in [6.07, 6.45) is 0. The van der Waals surface area contributed by atoms with Gasteiger partial charge >= 0.3 is 75.0 Å². The molecule has 0 fully saturated rings. The summed E-state index contributed by atoms with van der Waals surface area (Å²) in [4.78, 5) is 1.97. The third kappa shape index (κ3) is 37.2. The van der Waals surface area contributed by atoms with Crippen molar-refractivity contribution >= 4 is 97.6 Å². The maximum atomic E-state index is 2.56. The Morgan fingerprint density at radius 3 is 0.857 bits per heavy atom. The van der Waals surface area contributed by atoms with E-state index in [1.807, 2.05) is 4.93 Å². The van der Waals surface area contributed by atoms with Crippen LogP contribution in [0.15, 0.2) is 0 Å². The van der Waals surface area contributed by atoms with Crippen LogP contribution in [0.2, 0.25) is 0 Å². The molecule has 0 aliphatic carbocycles. The van der Waals surface area contributed by atoms with E-state index in [0.29, 0.717) is 0 Å². The Bertz CT molecular complexity index is 23.6. The van der Waals surface area contributed by atoms with Crippen LogP contribution in [0.3, 0.4) is 0 Å². The minimum absolute atomic E-state index is 1.40. The van der Waals surface area contributed by atoms with Gasteiger partial charge in [-0.25, -0.2) is 0 Å². The molecule has 0 bridgehead atoms. The van der Waals surface area contributed by atoms with E-state index in [0.717, 1.165) is 0 Å². The van der Waals surface area contributed by atoms with Gasteiger partial charge in [0.1, 0.15) is 0 Å². The molecule has 0 aliphatic heterocycles. The van der Waals surface area contributed by atoms with Crippen LogP contribution in [0.5, 0.6) is 0 Å². The zero-order valence-electron chi connectivity index (χ0n) is 3.39. The first-order valence-corrected chi connectivity index (χ1v) is 47.0. The van der Waals surface area contributed by atoms with Crippen molar-refractivity contribution < 1.29 is 0 Å². The Hall–Kier alpha value is 4.57. The second-order valence-corrected chi connectivity index (χ2v) is 169. The predicted octanol–water partition coefficient (Wildman–Crippen LogP) is 4.21. The molecule has 0 N–H and O–H groups in total.